The van der Waals surface area contributed by atoms with Crippen LogP contribution in [0.4, 0.5) is 0 Å². The Labute approximate surface area is 262 Å². The molecule has 6 rings (SSSR count). The molecule has 4 fully saturated rings. The number of hydrogen-bond donors (Lipinski definition) is 1. The molecule has 0 spiro atoms. The first-order valence-corrected chi connectivity index (χ1v) is 17.3. The molecule has 238 valence electrons. The van der Waals surface area contributed by atoms with E-state index in [0.29, 0.717) is 43.5 Å². The Bertz CT molecular complexity index is 1250. The van der Waals surface area contributed by atoms with Gasteiger partial charge in [-0.3, -0.25) is 4.79 Å². The molecule has 2 bridgehead atoms. The van der Waals surface area contributed by atoms with Crippen molar-refractivity contribution in [2.24, 2.45) is 56.7 Å². The number of carbonyl (C=O) groups excluding carboxylic acids is 1. The Morgan fingerprint density at radius 3 is 2.44 bits per heavy atom. The van der Waals surface area contributed by atoms with E-state index in [2.05, 4.69) is 64.0 Å². The van der Waals surface area contributed by atoms with Gasteiger partial charge in [0.05, 0.1) is 31.3 Å². The fraction of sp³-hybridized carbons (Fsp3) is 0.757. The first kappa shape index (κ1) is 31.7. The maximum absolute atomic E-state index is 14.5. The third-order valence-corrected chi connectivity index (χ3v) is 14.8. The molecule has 0 amide bonds. The fourth-order valence-electron chi connectivity index (χ4n) is 11.5. The minimum Gasteiger partial charge on any atom is -0.461 e. The zero-order chi connectivity index (χ0) is 31.0. The van der Waals surface area contributed by atoms with Crippen LogP contribution in [0.3, 0.4) is 0 Å². The molecule has 6 heteroatoms. The molecule has 1 aliphatic heterocycles. The second-order valence-electron chi connectivity index (χ2n) is 16.4. The molecule has 0 aromatic heterocycles. The van der Waals surface area contributed by atoms with Gasteiger partial charge in [-0.1, -0.05) is 90.4 Å². The largest absolute Gasteiger partial charge is 0.461 e. The lowest BCUT2D eigenvalue weighted by Gasteiger charge is -2.71. The molecular weight excluding hydrogens is 555 g/mol. The summed E-state index contributed by atoms with van der Waals surface area (Å²) in [4.78, 5) is 14.5. The van der Waals surface area contributed by atoms with Crippen LogP contribution in [-0.2, 0) is 25.4 Å². The number of ether oxygens (including phenoxy) is 2. The van der Waals surface area contributed by atoms with Crippen LogP contribution >= 0.6 is 9.47 Å². The van der Waals surface area contributed by atoms with Crippen LogP contribution in [0.5, 0.6) is 0 Å². The van der Waals surface area contributed by atoms with Gasteiger partial charge in [-0.05, 0) is 84.0 Å². The minimum atomic E-state index is -0.540. The van der Waals surface area contributed by atoms with Gasteiger partial charge in [0.1, 0.15) is 6.61 Å². The minimum absolute atomic E-state index is 0.0261. The maximum atomic E-state index is 14.5. The summed E-state index contributed by atoms with van der Waals surface area (Å²) in [5.74, 6) is 1.38. The van der Waals surface area contributed by atoms with E-state index in [9.17, 15) is 9.90 Å². The van der Waals surface area contributed by atoms with Crippen LogP contribution in [0.15, 0.2) is 42.0 Å². The molecule has 5 aliphatic rings. The van der Waals surface area contributed by atoms with Gasteiger partial charge in [-0.15, -0.1) is 0 Å². The summed E-state index contributed by atoms with van der Waals surface area (Å²) >= 11 is 0. The molecule has 0 radical (unpaired) electrons. The summed E-state index contributed by atoms with van der Waals surface area (Å²) in [6.45, 7) is 18.1. The Morgan fingerprint density at radius 2 is 1.77 bits per heavy atom. The first-order chi connectivity index (χ1) is 20.3. The van der Waals surface area contributed by atoms with Crippen molar-refractivity contribution >= 4 is 15.4 Å². The molecule has 1 saturated heterocycles. The Balaban J connectivity index is 1.42. The van der Waals surface area contributed by atoms with Crippen LogP contribution in [0.25, 0.3) is 0 Å². The van der Waals surface area contributed by atoms with E-state index in [1.54, 1.807) is 0 Å². The van der Waals surface area contributed by atoms with E-state index in [1.807, 2.05) is 30.3 Å². The monoisotopic (exact) mass is 610 g/mol. The zero-order valence-electron chi connectivity index (χ0n) is 27.5. The highest BCUT2D eigenvalue weighted by Crippen LogP contribution is 2.75. The molecule has 2 unspecified atom stereocenters. The Kier molecular flexibility index (Phi) is 8.06. The van der Waals surface area contributed by atoms with Crippen molar-refractivity contribution in [1.82, 2.24) is 0 Å². The van der Waals surface area contributed by atoms with E-state index < -0.39 is 6.10 Å². The van der Waals surface area contributed by atoms with Crippen LogP contribution < -0.4 is 0 Å². The molecule has 43 heavy (non-hydrogen) atoms. The van der Waals surface area contributed by atoms with Crippen molar-refractivity contribution in [1.29, 1.82) is 0 Å². The van der Waals surface area contributed by atoms with E-state index >= 15 is 0 Å². The molecule has 4 aliphatic carbocycles. The maximum Gasteiger partial charge on any atom is 0.310 e. The summed E-state index contributed by atoms with van der Waals surface area (Å²) in [5.41, 5.74) is 1.67. The Hall–Kier alpha value is -1.26. The molecule has 1 aromatic rings. The molecule has 1 aromatic carbocycles. The standard InChI is InChI=1S/C37H55O5P/c1-23(2)24(3)33(4)17-18-35(6)26-13-14-29-34(5)21-40-22-37(29,19-28(42-43)31(34)38)27(26)15-16-36(35,7)30(33)32(39)41-20-25-11-9-8-10-12-25/h8-12,15,23-24,26,28-31,38H,13-14,16-22,43H2,1-7H3/t24-,26+,28-,29+,30-,31+,33-,34?,35-,36+,37+/m1/s1. The summed E-state index contributed by atoms with van der Waals surface area (Å²) < 4.78 is 18.5. The number of allylic oxidation sites excluding steroid dienone is 1. The summed E-state index contributed by atoms with van der Waals surface area (Å²) in [6.07, 6.45) is 7.73. The second-order valence-corrected chi connectivity index (χ2v) is 16.7. The number of aliphatic hydroxyl groups excluding tert-OH is 1. The summed E-state index contributed by atoms with van der Waals surface area (Å²) in [7, 11) is 2.43. The highest BCUT2D eigenvalue weighted by atomic mass is 31.0. The highest BCUT2D eigenvalue weighted by molar-refractivity contribution is 7.09. The lowest BCUT2D eigenvalue weighted by Crippen LogP contribution is -2.69. The number of fused-ring (bicyclic) bond motifs is 3. The van der Waals surface area contributed by atoms with Gasteiger partial charge in [0, 0.05) is 20.3 Å². The van der Waals surface area contributed by atoms with Crippen molar-refractivity contribution in [3.63, 3.8) is 0 Å². The zero-order valence-corrected chi connectivity index (χ0v) is 28.7. The van der Waals surface area contributed by atoms with Crippen molar-refractivity contribution in [2.45, 2.75) is 106 Å². The van der Waals surface area contributed by atoms with E-state index in [1.165, 1.54) is 5.57 Å². The van der Waals surface area contributed by atoms with Crippen LogP contribution in [-0.4, -0.2) is 36.5 Å². The number of aliphatic hydroxyl groups is 1. The molecule has 12 atom stereocenters. The van der Waals surface area contributed by atoms with Gasteiger partial charge in [0.2, 0.25) is 0 Å². The van der Waals surface area contributed by atoms with Crippen molar-refractivity contribution < 1.29 is 23.9 Å². The second kappa shape index (κ2) is 10.9. The lowest BCUT2D eigenvalue weighted by molar-refractivity contribution is -0.248. The topological polar surface area (TPSA) is 65.0 Å². The number of carbonyl (C=O) groups is 1. The average Bonchev–Trinajstić information content (AvgIpc) is 2.98. The molecule has 1 heterocycles. The molecule has 5 nitrogen and oxygen atoms in total. The van der Waals surface area contributed by atoms with Gasteiger partial charge in [-0.2, -0.15) is 0 Å². The SMILES string of the molecule is CC(C)[C@@H](C)[C@@]1(C)CC[C@]2(C)[C@H]3CC[C@H]4C5(C)COC[C@@]4(C[C@@H](OP)[C@@H]5O)C3=CC[C@@]2(C)[C@@H]1C(=O)OCc1ccccc1. The number of rotatable bonds is 6. The molecule has 1 N–H and O–H groups in total. The van der Waals surface area contributed by atoms with Gasteiger partial charge in [-0.25, -0.2) is 0 Å². The first-order valence-electron chi connectivity index (χ1n) is 16.8. The van der Waals surface area contributed by atoms with Crippen LogP contribution in [0, 0.1) is 56.7 Å². The smallest absolute Gasteiger partial charge is 0.310 e. The lowest BCUT2D eigenvalue weighted by atomic mass is 9.34. The van der Waals surface area contributed by atoms with Gasteiger partial charge >= 0.3 is 5.97 Å². The number of esters is 1. The van der Waals surface area contributed by atoms with E-state index in [4.69, 9.17) is 14.0 Å². The van der Waals surface area contributed by atoms with Crippen LogP contribution in [0.2, 0.25) is 0 Å². The normalized spacial score (nSPS) is 46.2. The van der Waals surface area contributed by atoms with Gasteiger partial charge in [0.15, 0.2) is 0 Å². The van der Waals surface area contributed by atoms with E-state index in [-0.39, 0.29) is 45.1 Å². The quantitative estimate of drug-likeness (QED) is 0.203. The third-order valence-electron chi connectivity index (χ3n) is 14.5. The predicted molar refractivity (Wildman–Crippen MR) is 173 cm³/mol. The fourth-order valence-corrected chi connectivity index (χ4v) is 11.7. The van der Waals surface area contributed by atoms with E-state index in [0.717, 1.165) is 44.1 Å². The highest BCUT2D eigenvalue weighted by Gasteiger charge is 2.71. The number of benzene rings is 1. The molecular formula is C37H55O5P. The summed E-state index contributed by atoms with van der Waals surface area (Å²) in [5, 5.41) is 11.4. The van der Waals surface area contributed by atoms with Gasteiger partial charge < -0.3 is 19.1 Å². The van der Waals surface area contributed by atoms with Crippen molar-refractivity contribution in [2.75, 3.05) is 13.2 Å². The van der Waals surface area contributed by atoms with Crippen molar-refractivity contribution in [3.8, 4) is 0 Å². The predicted octanol–water partition coefficient (Wildman–Crippen LogP) is 7.77. The van der Waals surface area contributed by atoms with Gasteiger partial charge in [0.25, 0.3) is 0 Å². The van der Waals surface area contributed by atoms with Crippen LogP contribution in [0.1, 0.15) is 92.6 Å². The van der Waals surface area contributed by atoms with Crippen molar-refractivity contribution in [3.05, 3.63) is 47.5 Å². The molecule has 3 saturated carbocycles. The Morgan fingerprint density at radius 1 is 1.05 bits per heavy atom. The average molecular weight is 611 g/mol. The third kappa shape index (κ3) is 4.41. The number of hydrogen-bond acceptors (Lipinski definition) is 5. The summed E-state index contributed by atoms with van der Waals surface area (Å²) in [6, 6.07) is 10.1.